The predicted molar refractivity (Wildman–Crippen MR) is 74.1 cm³/mol. The second kappa shape index (κ2) is 6.12. The summed E-state index contributed by atoms with van der Waals surface area (Å²) in [6.45, 7) is 4.01. The van der Waals surface area contributed by atoms with Crippen LogP contribution in [0.25, 0.3) is 0 Å². The number of benzene rings is 1. The van der Waals surface area contributed by atoms with Crippen LogP contribution in [-0.2, 0) is 0 Å². The van der Waals surface area contributed by atoms with E-state index in [-0.39, 0.29) is 23.3 Å². The Balaban J connectivity index is 2.27. The van der Waals surface area contributed by atoms with Gasteiger partial charge in [0.05, 0.1) is 11.1 Å². The average molecular weight is 292 g/mol. The minimum atomic E-state index is -0.715. The van der Waals surface area contributed by atoms with Crippen LogP contribution in [0.4, 0.5) is 16.0 Å². The first-order valence-electron chi connectivity index (χ1n) is 6.20. The Bertz CT molecular complexity index is 678. The molecule has 0 saturated carbocycles. The molecule has 1 N–H and O–H groups in total. The molecule has 0 aliphatic rings. The molecule has 1 aromatic heterocycles. The van der Waals surface area contributed by atoms with Crippen LogP contribution in [0.1, 0.15) is 12.5 Å². The number of hydrogen-bond donors (Lipinski definition) is 1. The predicted octanol–water partition coefficient (Wildman–Crippen LogP) is 3.06. The molecular weight excluding hydrogens is 279 g/mol. The lowest BCUT2D eigenvalue weighted by molar-refractivity contribution is -0.385. The second-order valence-electron chi connectivity index (χ2n) is 4.18. The van der Waals surface area contributed by atoms with E-state index in [1.54, 1.807) is 6.92 Å². The van der Waals surface area contributed by atoms with Gasteiger partial charge in [-0.15, -0.1) is 0 Å². The molecule has 0 atom stereocenters. The molecule has 0 fully saturated rings. The van der Waals surface area contributed by atoms with Gasteiger partial charge in [-0.1, -0.05) is 0 Å². The van der Waals surface area contributed by atoms with E-state index < -0.39 is 10.7 Å². The number of nitrogens with zero attached hydrogens (tertiary/aromatic N) is 3. The maximum Gasteiger partial charge on any atom is 0.272 e. The fourth-order valence-electron chi connectivity index (χ4n) is 1.67. The molecule has 7 nitrogen and oxygen atoms in total. The molecule has 0 saturated heterocycles. The number of hydrogen-bond acceptors (Lipinski definition) is 6. The van der Waals surface area contributed by atoms with E-state index in [2.05, 4.69) is 15.3 Å². The van der Waals surface area contributed by atoms with E-state index in [1.165, 1.54) is 18.2 Å². The number of halogens is 1. The maximum absolute atomic E-state index is 13.6. The van der Waals surface area contributed by atoms with Crippen LogP contribution in [0.5, 0.6) is 11.6 Å². The van der Waals surface area contributed by atoms with Gasteiger partial charge in [-0.05, 0) is 26.0 Å². The first-order valence-corrected chi connectivity index (χ1v) is 6.20. The van der Waals surface area contributed by atoms with Gasteiger partial charge in [0.25, 0.3) is 11.6 Å². The van der Waals surface area contributed by atoms with Crippen molar-refractivity contribution < 1.29 is 14.1 Å². The van der Waals surface area contributed by atoms with Crippen molar-refractivity contribution in [1.82, 2.24) is 9.97 Å². The van der Waals surface area contributed by atoms with Crippen LogP contribution in [0.2, 0.25) is 0 Å². The quantitative estimate of drug-likeness (QED) is 0.672. The third kappa shape index (κ3) is 3.41. The fourth-order valence-corrected chi connectivity index (χ4v) is 1.67. The highest BCUT2D eigenvalue weighted by molar-refractivity contribution is 5.45. The van der Waals surface area contributed by atoms with Crippen LogP contribution in [0.3, 0.4) is 0 Å². The Kier molecular flexibility index (Phi) is 4.27. The molecule has 2 rings (SSSR count). The summed E-state index contributed by atoms with van der Waals surface area (Å²) >= 11 is 0. The highest BCUT2D eigenvalue weighted by Gasteiger charge is 2.13. The van der Waals surface area contributed by atoms with Crippen molar-refractivity contribution in [3.8, 4) is 11.6 Å². The summed E-state index contributed by atoms with van der Waals surface area (Å²) in [4.78, 5) is 17.9. The lowest BCUT2D eigenvalue weighted by Gasteiger charge is -2.08. The SMILES string of the molecule is CCNc1ncc(F)c(Oc2ccc([N+](=O)[O-])c(C)c2)n1. The summed E-state index contributed by atoms with van der Waals surface area (Å²) in [5.41, 5.74) is 0.387. The molecule has 0 unspecified atom stereocenters. The molecule has 0 aliphatic carbocycles. The molecule has 0 aliphatic heterocycles. The van der Waals surface area contributed by atoms with Gasteiger partial charge >= 0.3 is 0 Å². The number of aromatic nitrogens is 2. The zero-order valence-corrected chi connectivity index (χ0v) is 11.5. The van der Waals surface area contributed by atoms with E-state index in [4.69, 9.17) is 4.74 Å². The zero-order chi connectivity index (χ0) is 15.4. The lowest BCUT2D eigenvalue weighted by atomic mass is 10.2. The monoisotopic (exact) mass is 292 g/mol. The van der Waals surface area contributed by atoms with Crippen LogP contribution in [0.15, 0.2) is 24.4 Å². The van der Waals surface area contributed by atoms with Crippen molar-refractivity contribution in [1.29, 1.82) is 0 Å². The molecule has 8 heteroatoms. The third-order valence-corrected chi connectivity index (χ3v) is 2.63. The molecule has 110 valence electrons. The van der Waals surface area contributed by atoms with E-state index in [0.717, 1.165) is 6.20 Å². The minimum absolute atomic E-state index is 0.0288. The standard InChI is InChI=1S/C13H13FN4O3/c1-3-15-13-16-7-10(14)12(17-13)21-9-4-5-11(18(19)20)8(2)6-9/h4-7H,3H2,1-2H3,(H,15,16,17). The largest absolute Gasteiger partial charge is 0.436 e. The number of nitrogens with one attached hydrogen (secondary N) is 1. The van der Waals surface area contributed by atoms with E-state index in [9.17, 15) is 14.5 Å². The Morgan fingerprint density at radius 1 is 1.48 bits per heavy atom. The van der Waals surface area contributed by atoms with Crippen molar-refractivity contribution in [2.45, 2.75) is 13.8 Å². The van der Waals surface area contributed by atoms with Gasteiger partial charge in [0.1, 0.15) is 5.75 Å². The van der Waals surface area contributed by atoms with Gasteiger partial charge in [-0.25, -0.2) is 4.98 Å². The summed E-state index contributed by atoms with van der Waals surface area (Å²) in [5.74, 6) is -0.451. The Labute approximate surface area is 120 Å². The normalized spacial score (nSPS) is 10.2. The number of rotatable bonds is 5. The summed E-state index contributed by atoms with van der Waals surface area (Å²) < 4.78 is 18.9. The van der Waals surface area contributed by atoms with E-state index in [1.807, 2.05) is 6.92 Å². The first kappa shape index (κ1) is 14.6. The average Bonchev–Trinajstić information content (AvgIpc) is 2.42. The van der Waals surface area contributed by atoms with Crippen molar-refractivity contribution in [3.05, 3.63) is 45.9 Å². The Morgan fingerprint density at radius 3 is 2.86 bits per heavy atom. The van der Waals surface area contributed by atoms with Gasteiger partial charge in [-0.2, -0.15) is 9.37 Å². The molecule has 0 radical (unpaired) electrons. The zero-order valence-electron chi connectivity index (χ0n) is 11.5. The molecule has 1 heterocycles. The highest BCUT2D eigenvalue weighted by Crippen LogP contribution is 2.27. The molecule has 0 bridgehead atoms. The second-order valence-corrected chi connectivity index (χ2v) is 4.18. The van der Waals surface area contributed by atoms with Gasteiger partial charge in [-0.3, -0.25) is 10.1 Å². The van der Waals surface area contributed by atoms with Crippen molar-refractivity contribution in [3.63, 3.8) is 0 Å². The number of anilines is 1. The van der Waals surface area contributed by atoms with Crippen LogP contribution in [-0.4, -0.2) is 21.4 Å². The molecule has 21 heavy (non-hydrogen) atoms. The smallest absolute Gasteiger partial charge is 0.272 e. The van der Waals surface area contributed by atoms with Gasteiger partial charge in [0.15, 0.2) is 0 Å². The number of nitro benzene ring substituents is 1. The molecule has 0 spiro atoms. The molecular formula is C13H13FN4O3. The summed E-state index contributed by atoms with van der Waals surface area (Å²) in [6.07, 6.45) is 0.999. The minimum Gasteiger partial charge on any atom is -0.436 e. The Morgan fingerprint density at radius 2 is 2.24 bits per heavy atom. The number of ether oxygens (including phenoxy) is 1. The number of aryl methyl sites for hydroxylation is 1. The number of nitro groups is 1. The fraction of sp³-hybridized carbons (Fsp3) is 0.231. The van der Waals surface area contributed by atoms with Crippen LogP contribution in [0, 0.1) is 22.9 Å². The van der Waals surface area contributed by atoms with Gasteiger partial charge in [0.2, 0.25) is 11.8 Å². The van der Waals surface area contributed by atoms with Gasteiger partial charge in [0, 0.05) is 18.2 Å². The highest BCUT2D eigenvalue weighted by atomic mass is 19.1. The topological polar surface area (TPSA) is 90.2 Å². The van der Waals surface area contributed by atoms with Gasteiger partial charge < -0.3 is 10.1 Å². The van der Waals surface area contributed by atoms with Crippen LogP contribution >= 0.6 is 0 Å². The summed E-state index contributed by atoms with van der Waals surface area (Å²) in [5, 5.41) is 13.6. The summed E-state index contributed by atoms with van der Waals surface area (Å²) in [6, 6.07) is 4.14. The van der Waals surface area contributed by atoms with E-state index in [0.29, 0.717) is 12.1 Å². The molecule has 2 aromatic rings. The molecule has 1 aromatic carbocycles. The van der Waals surface area contributed by atoms with Crippen molar-refractivity contribution >= 4 is 11.6 Å². The summed E-state index contributed by atoms with van der Waals surface area (Å²) in [7, 11) is 0. The lowest BCUT2D eigenvalue weighted by Crippen LogP contribution is -2.04. The third-order valence-electron chi connectivity index (χ3n) is 2.63. The first-order chi connectivity index (χ1) is 10.0. The molecule has 0 amide bonds. The van der Waals surface area contributed by atoms with Crippen LogP contribution < -0.4 is 10.1 Å². The van der Waals surface area contributed by atoms with E-state index >= 15 is 0 Å². The maximum atomic E-state index is 13.6. The van der Waals surface area contributed by atoms with Crippen molar-refractivity contribution in [2.75, 3.05) is 11.9 Å². The Hall–Kier alpha value is -2.77. The van der Waals surface area contributed by atoms with Crippen molar-refractivity contribution in [2.24, 2.45) is 0 Å².